The lowest BCUT2D eigenvalue weighted by Crippen LogP contribution is -2.80. The SMILES string of the molecule is COC1C2OC3OC(C(O)[C@@]1(C)O3)[C@H]2OCCOCCO[C@H]1C2OC3OC(=C2O)[C@H](O)C1O3. The maximum Gasteiger partial charge on any atom is 0.317 e. The van der Waals surface area contributed by atoms with Crippen molar-refractivity contribution in [2.45, 2.75) is 80.4 Å². The lowest BCUT2D eigenvalue weighted by atomic mass is 9.74. The van der Waals surface area contributed by atoms with Gasteiger partial charge in [0.2, 0.25) is 0 Å². The topological polar surface area (TPSA) is 153 Å². The summed E-state index contributed by atoms with van der Waals surface area (Å²) in [4.78, 5) is 0. The molecule has 13 heteroatoms. The average molecular weight is 476 g/mol. The van der Waals surface area contributed by atoms with Crippen LogP contribution in [0, 0.1) is 0 Å². The van der Waals surface area contributed by atoms with Gasteiger partial charge < -0.3 is 62.7 Å². The first-order chi connectivity index (χ1) is 15.9. The molecule has 8 aliphatic rings. The molecule has 8 rings (SSSR count). The van der Waals surface area contributed by atoms with Gasteiger partial charge in [-0.05, 0) is 6.92 Å². The Morgan fingerprint density at radius 2 is 1.58 bits per heavy atom. The van der Waals surface area contributed by atoms with Gasteiger partial charge in [0.15, 0.2) is 17.6 Å². The van der Waals surface area contributed by atoms with Crippen LogP contribution in [-0.4, -0.2) is 122 Å². The third-order valence-corrected chi connectivity index (χ3v) is 7.10. The van der Waals surface area contributed by atoms with E-state index in [2.05, 4.69) is 0 Å². The molecule has 0 spiro atoms. The van der Waals surface area contributed by atoms with Crippen molar-refractivity contribution in [1.82, 2.24) is 0 Å². The van der Waals surface area contributed by atoms with Crippen LogP contribution in [0.5, 0.6) is 0 Å². The fraction of sp³-hybridized carbons (Fsp3) is 0.900. The summed E-state index contributed by atoms with van der Waals surface area (Å²) < 4.78 is 55.9. The van der Waals surface area contributed by atoms with Gasteiger partial charge in [-0.15, -0.1) is 0 Å². The van der Waals surface area contributed by atoms with Crippen molar-refractivity contribution in [1.29, 1.82) is 0 Å². The van der Waals surface area contributed by atoms with Crippen molar-refractivity contribution in [3.63, 3.8) is 0 Å². The van der Waals surface area contributed by atoms with Crippen LogP contribution in [0.15, 0.2) is 11.5 Å². The number of methoxy groups -OCH3 is 1. The van der Waals surface area contributed by atoms with E-state index in [0.717, 1.165) is 0 Å². The predicted octanol–water partition coefficient (Wildman–Crippen LogP) is -1.74. The second kappa shape index (κ2) is 8.24. The largest absolute Gasteiger partial charge is 0.506 e. The molecule has 0 amide bonds. The highest BCUT2D eigenvalue weighted by Crippen LogP contribution is 2.48. The molecular weight excluding hydrogens is 448 g/mol. The zero-order chi connectivity index (χ0) is 22.9. The highest BCUT2D eigenvalue weighted by Gasteiger charge is 2.68. The maximum atomic E-state index is 10.7. The van der Waals surface area contributed by atoms with Gasteiger partial charge in [-0.25, -0.2) is 0 Å². The van der Waals surface area contributed by atoms with Gasteiger partial charge in [0.25, 0.3) is 6.48 Å². The molecule has 0 aromatic carbocycles. The highest BCUT2D eigenvalue weighted by atomic mass is 16.9. The van der Waals surface area contributed by atoms with E-state index in [4.69, 9.17) is 47.4 Å². The number of hydrogen-bond donors (Lipinski definition) is 3. The van der Waals surface area contributed by atoms with Gasteiger partial charge in [0.1, 0.15) is 54.4 Å². The molecule has 6 heterocycles. The molecule has 13 nitrogen and oxygen atoms in total. The summed E-state index contributed by atoms with van der Waals surface area (Å²) in [5, 5.41) is 31.1. The van der Waals surface area contributed by atoms with E-state index >= 15 is 0 Å². The van der Waals surface area contributed by atoms with Gasteiger partial charge >= 0.3 is 6.48 Å². The Bertz CT molecular complexity index is 792. The molecule has 0 aromatic heterocycles. The lowest BCUT2D eigenvalue weighted by molar-refractivity contribution is -0.508. The molecule has 33 heavy (non-hydrogen) atoms. The monoisotopic (exact) mass is 476 g/mol. The van der Waals surface area contributed by atoms with Crippen molar-refractivity contribution < 1.29 is 62.7 Å². The van der Waals surface area contributed by atoms with E-state index in [1.807, 2.05) is 0 Å². The predicted molar refractivity (Wildman–Crippen MR) is 100 cm³/mol. The fourth-order valence-corrected chi connectivity index (χ4v) is 5.49. The van der Waals surface area contributed by atoms with Crippen LogP contribution in [0.4, 0.5) is 0 Å². The van der Waals surface area contributed by atoms with Gasteiger partial charge in [0.05, 0.1) is 26.4 Å². The number of aliphatic hydroxyl groups excluding tert-OH is 3. The van der Waals surface area contributed by atoms with Crippen LogP contribution in [0.3, 0.4) is 0 Å². The summed E-state index contributed by atoms with van der Waals surface area (Å²) in [5.41, 5.74) is -0.922. The summed E-state index contributed by atoms with van der Waals surface area (Å²) in [6.45, 7) is 0.939. The molecule has 6 fully saturated rings. The lowest BCUT2D eigenvalue weighted by Gasteiger charge is -2.62. The Kier molecular flexibility index (Phi) is 5.59. The molecule has 6 aliphatic heterocycles. The second-order valence-corrected chi connectivity index (χ2v) is 8.93. The van der Waals surface area contributed by atoms with E-state index in [1.54, 1.807) is 14.0 Å². The third-order valence-electron chi connectivity index (χ3n) is 7.10. The van der Waals surface area contributed by atoms with Crippen LogP contribution in [0.2, 0.25) is 0 Å². The van der Waals surface area contributed by atoms with Gasteiger partial charge in [0, 0.05) is 7.11 Å². The average Bonchev–Trinajstić information content (AvgIpc) is 2.79. The minimum atomic E-state index is -1.11. The summed E-state index contributed by atoms with van der Waals surface area (Å²) in [6, 6.07) is 0. The standard InChI is InChI=1S/C20H28O13/c1-20-16(23)14-13(15(17(20)24-2)32-19(31-14)33-20)27-6-4-25-3-5-26-12-10-7(21)9-8(22)11(12)30-18(28-9)29-10/h7,10-19,21-23H,3-6H2,1-2H3/t7-,10?,11?,12+,13+,14?,15?,16?,17?,18?,19?,20+/m0/s1. The normalized spacial score (nSPS) is 51.5. The first-order valence-corrected chi connectivity index (χ1v) is 11.0. The van der Waals surface area contributed by atoms with Crippen molar-refractivity contribution in [2.24, 2.45) is 0 Å². The zero-order valence-corrected chi connectivity index (χ0v) is 18.1. The fourth-order valence-electron chi connectivity index (χ4n) is 5.49. The van der Waals surface area contributed by atoms with E-state index in [9.17, 15) is 15.3 Å². The zero-order valence-electron chi connectivity index (χ0n) is 18.1. The number of aliphatic hydroxyl groups is 3. The summed E-state index contributed by atoms with van der Waals surface area (Å²) in [7, 11) is 1.54. The van der Waals surface area contributed by atoms with E-state index in [1.165, 1.54) is 0 Å². The molecular formula is C20H28O13. The van der Waals surface area contributed by atoms with E-state index in [-0.39, 0.29) is 37.9 Å². The smallest absolute Gasteiger partial charge is 0.317 e. The van der Waals surface area contributed by atoms with Gasteiger partial charge in [-0.1, -0.05) is 0 Å². The number of rotatable bonds is 9. The molecule has 3 N–H and O–H groups in total. The Morgan fingerprint density at radius 3 is 2.33 bits per heavy atom. The first-order valence-electron chi connectivity index (χ1n) is 11.0. The quantitative estimate of drug-likeness (QED) is 0.323. The Hall–Kier alpha value is -1.10. The summed E-state index contributed by atoms with van der Waals surface area (Å²) >= 11 is 0. The van der Waals surface area contributed by atoms with Gasteiger partial charge in [-0.3, -0.25) is 0 Å². The molecule has 0 radical (unpaired) electrons. The minimum Gasteiger partial charge on any atom is -0.506 e. The Morgan fingerprint density at radius 1 is 0.879 bits per heavy atom. The summed E-state index contributed by atoms with van der Waals surface area (Å²) in [6.07, 6.45) is -6.18. The van der Waals surface area contributed by atoms with E-state index < -0.39 is 73.5 Å². The molecule has 2 aliphatic carbocycles. The molecule has 186 valence electrons. The maximum absolute atomic E-state index is 10.7. The summed E-state index contributed by atoms with van der Waals surface area (Å²) in [5.74, 6) is -0.0894. The second-order valence-electron chi connectivity index (χ2n) is 8.93. The third kappa shape index (κ3) is 3.34. The molecule has 1 saturated carbocycles. The number of hydrogen-bond acceptors (Lipinski definition) is 13. The van der Waals surface area contributed by atoms with Crippen molar-refractivity contribution in [3.05, 3.63) is 11.5 Å². The molecule has 8 unspecified atom stereocenters. The Labute approximate surface area is 188 Å². The van der Waals surface area contributed by atoms with Crippen LogP contribution < -0.4 is 0 Å². The number of ether oxygens (including phenoxy) is 10. The Balaban J connectivity index is 0.951. The molecule has 8 bridgehead atoms. The minimum absolute atomic E-state index is 0.0832. The van der Waals surface area contributed by atoms with Crippen molar-refractivity contribution >= 4 is 0 Å². The molecule has 5 saturated heterocycles. The highest BCUT2D eigenvalue weighted by molar-refractivity contribution is 5.24. The van der Waals surface area contributed by atoms with Crippen LogP contribution in [0.1, 0.15) is 6.92 Å². The van der Waals surface area contributed by atoms with Crippen LogP contribution in [-0.2, 0) is 47.4 Å². The van der Waals surface area contributed by atoms with E-state index in [0.29, 0.717) is 0 Å². The molecule has 0 aromatic rings. The van der Waals surface area contributed by atoms with Crippen LogP contribution in [0.25, 0.3) is 0 Å². The van der Waals surface area contributed by atoms with Gasteiger partial charge in [-0.2, -0.15) is 0 Å². The molecule has 12 atom stereocenters. The van der Waals surface area contributed by atoms with Crippen LogP contribution >= 0.6 is 0 Å². The van der Waals surface area contributed by atoms with Crippen molar-refractivity contribution in [3.8, 4) is 0 Å². The first kappa shape index (κ1) is 22.4. The van der Waals surface area contributed by atoms with Crippen molar-refractivity contribution in [2.75, 3.05) is 33.5 Å².